The van der Waals surface area contributed by atoms with Crippen molar-refractivity contribution in [2.45, 2.75) is 40.2 Å². The quantitative estimate of drug-likeness (QED) is 0.328. The van der Waals surface area contributed by atoms with Crippen molar-refractivity contribution in [3.8, 4) is 0 Å². The van der Waals surface area contributed by atoms with E-state index in [1.54, 1.807) is 6.92 Å². The number of carbonyl (C=O) groups excluding carboxylic acids is 1. The molecule has 10 heteroatoms. The van der Waals surface area contributed by atoms with Crippen LogP contribution in [0.15, 0.2) is 23.3 Å². The fraction of sp³-hybridized carbons (Fsp3) is 0.467. The summed E-state index contributed by atoms with van der Waals surface area (Å²) >= 11 is 0. The number of ether oxygens (including phenoxy) is 1. The first-order chi connectivity index (χ1) is 11.7. The number of nitrogens with zero attached hydrogens (tertiary/aromatic N) is 3. The average Bonchev–Trinajstić information content (AvgIpc) is 2.56. The highest BCUT2D eigenvalue weighted by molar-refractivity contribution is 5.89. The van der Waals surface area contributed by atoms with Crippen LogP contribution in [0.25, 0.3) is 0 Å². The molecule has 0 radical (unpaired) electrons. The van der Waals surface area contributed by atoms with E-state index in [0.717, 1.165) is 18.6 Å². The van der Waals surface area contributed by atoms with Gasteiger partial charge in [0.05, 0.1) is 21.6 Å². The molecule has 1 N–H and O–H groups in total. The number of benzene rings is 1. The summed E-state index contributed by atoms with van der Waals surface area (Å²) in [6.07, 6.45) is 0.162. The van der Waals surface area contributed by atoms with Crippen LogP contribution < -0.4 is 5.43 Å². The molecule has 0 amide bonds. The van der Waals surface area contributed by atoms with Crippen LogP contribution in [0.2, 0.25) is 0 Å². The third-order valence-electron chi connectivity index (χ3n) is 3.61. The number of rotatable bonds is 8. The molecule has 1 aromatic carbocycles. The predicted molar refractivity (Wildman–Crippen MR) is 91.5 cm³/mol. The summed E-state index contributed by atoms with van der Waals surface area (Å²) in [5, 5.41) is 25.9. The molecular formula is C15H20N4O6. The second-order valence-corrected chi connectivity index (χ2v) is 5.50. The van der Waals surface area contributed by atoms with E-state index in [2.05, 4.69) is 10.5 Å². The number of nitro benzene ring substituents is 2. The van der Waals surface area contributed by atoms with E-state index >= 15 is 0 Å². The number of nitro groups is 2. The van der Waals surface area contributed by atoms with Gasteiger partial charge >= 0.3 is 11.7 Å². The smallest absolute Gasteiger partial charge is 0.303 e. The van der Waals surface area contributed by atoms with Crippen LogP contribution in [0.5, 0.6) is 0 Å². The van der Waals surface area contributed by atoms with E-state index in [-0.39, 0.29) is 11.6 Å². The third kappa shape index (κ3) is 5.52. The number of esters is 1. The summed E-state index contributed by atoms with van der Waals surface area (Å²) in [5.74, 6) is -0.456. The van der Waals surface area contributed by atoms with Crippen molar-refractivity contribution in [1.82, 2.24) is 0 Å². The van der Waals surface area contributed by atoms with Gasteiger partial charge in [-0.1, -0.05) is 13.8 Å². The van der Waals surface area contributed by atoms with Crippen LogP contribution in [0.4, 0.5) is 17.1 Å². The molecule has 25 heavy (non-hydrogen) atoms. The van der Waals surface area contributed by atoms with Crippen LogP contribution in [0, 0.1) is 26.1 Å². The Balaban J connectivity index is 3.11. The SMILES string of the molecule is CC[C@H](C)[C@@H](OC(C)=O)/C(C)=N/Nc1ccc([N+](=O)[O-])cc1[N+](=O)[O-]. The van der Waals surface area contributed by atoms with Crippen molar-refractivity contribution in [3.05, 3.63) is 38.4 Å². The lowest BCUT2D eigenvalue weighted by atomic mass is 9.98. The van der Waals surface area contributed by atoms with Crippen molar-refractivity contribution in [2.24, 2.45) is 11.0 Å². The zero-order chi connectivity index (χ0) is 19.1. The first-order valence-electron chi connectivity index (χ1n) is 7.57. The van der Waals surface area contributed by atoms with Gasteiger partial charge in [0.1, 0.15) is 11.8 Å². The summed E-state index contributed by atoms with van der Waals surface area (Å²) in [6, 6.07) is 3.20. The van der Waals surface area contributed by atoms with Gasteiger partial charge in [0, 0.05) is 13.0 Å². The Morgan fingerprint density at radius 1 is 1.28 bits per heavy atom. The van der Waals surface area contributed by atoms with Gasteiger partial charge in [-0.15, -0.1) is 0 Å². The van der Waals surface area contributed by atoms with Gasteiger partial charge in [0.15, 0.2) is 0 Å². The van der Waals surface area contributed by atoms with E-state index in [0.29, 0.717) is 5.71 Å². The zero-order valence-electron chi connectivity index (χ0n) is 14.4. The normalized spacial score (nSPS) is 13.7. The van der Waals surface area contributed by atoms with Gasteiger partial charge < -0.3 is 4.74 Å². The topological polar surface area (TPSA) is 137 Å². The summed E-state index contributed by atoms with van der Waals surface area (Å²) < 4.78 is 5.25. The minimum atomic E-state index is -0.738. The van der Waals surface area contributed by atoms with E-state index in [1.165, 1.54) is 13.0 Å². The second kappa shape index (κ2) is 8.71. The number of non-ortho nitro benzene ring substituents is 1. The molecule has 0 saturated carbocycles. The summed E-state index contributed by atoms with van der Waals surface area (Å²) in [5.41, 5.74) is 2.09. The molecule has 136 valence electrons. The van der Waals surface area contributed by atoms with Gasteiger partial charge in [-0.25, -0.2) is 0 Å². The molecule has 1 rings (SSSR count). The molecule has 0 heterocycles. The molecular weight excluding hydrogens is 332 g/mol. The monoisotopic (exact) mass is 352 g/mol. The van der Waals surface area contributed by atoms with Crippen LogP contribution in [0.3, 0.4) is 0 Å². The fourth-order valence-corrected chi connectivity index (χ4v) is 2.10. The number of hydrogen-bond acceptors (Lipinski definition) is 8. The van der Waals surface area contributed by atoms with Crippen molar-refractivity contribution >= 4 is 28.7 Å². The Morgan fingerprint density at radius 3 is 2.40 bits per heavy atom. The lowest BCUT2D eigenvalue weighted by Crippen LogP contribution is -2.31. The van der Waals surface area contributed by atoms with Crippen molar-refractivity contribution in [2.75, 3.05) is 5.43 Å². The number of hydrogen-bond donors (Lipinski definition) is 1. The summed E-state index contributed by atoms with van der Waals surface area (Å²) in [4.78, 5) is 31.6. The van der Waals surface area contributed by atoms with Gasteiger partial charge in [0.25, 0.3) is 5.69 Å². The molecule has 0 aromatic heterocycles. The maximum atomic E-state index is 11.2. The first-order valence-corrected chi connectivity index (χ1v) is 7.57. The van der Waals surface area contributed by atoms with Gasteiger partial charge in [-0.2, -0.15) is 5.10 Å². The van der Waals surface area contributed by atoms with Crippen molar-refractivity contribution in [3.63, 3.8) is 0 Å². The van der Waals surface area contributed by atoms with Crippen molar-refractivity contribution < 1.29 is 19.4 Å². The largest absolute Gasteiger partial charge is 0.456 e. The highest BCUT2D eigenvalue weighted by atomic mass is 16.6. The third-order valence-corrected chi connectivity index (χ3v) is 3.61. The standard InChI is InChI=1S/C15H20N4O6/c1-5-9(2)15(25-11(4)20)10(3)16-17-13-7-6-12(18(21)22)8-14(13)19(23)24/h6-9,15,17H,5H2,1-4H3/b16-10+/t9-,15+/m0/s1. The van der Waals surface area contributed by atoms with E-state index in [1.807, 2.05) is 13.8 Å². The van der Waals surface area contributed by atoms with Crippen LogP contribution in [-0.4, -0.2) is 27.6 Å². The molecule has 10 nitrogen and oxygen atoms in total. The molecule has 0 aliphatic heterocycles. The maximum Gasteiger partial charge on any atom is 0.303 e. The lowest BCUT2D eigenvalue weighted by Gasteiger charge is -2.22. The number of carbonyl (C=O) groups is 1. The maximum absolute atomic E-state index is 11.2. The highest BCUT2D eigenvalue weighted by Gasteiger charge is 2.23. The molecule has 0 aliphatic rings. The number of nitrogens with one attached hydrogen (secondary N) is 1. The fourth-order valence-electron chi connectivity index (χ4n) is 2.10. The lowest BCUT2D eigenvalue weighted by molar-refractivity contribution is -0.393. The minimum Gasteiger partial charge on any atom is -0.456 e. The Labute approximate surface area is 144 Å². The van der Waals surface area contributed by atoms with Crippen LogP contribution in [0.1, 0.15) is 34.1 Å². The highest BCUT2D eigenvalue weighted by Crippen LogP contribution is 2.29. The molecule has 0 spiro atoms. The molecule has 0 saturated heterocycles. The zero-order valence-corrected chi connectivity index (χ0v) is 14.4. The number of anilines is 1. The average molecular weight is 352 g/mol. The Bertz CT molecular complexity index is 703. The Hall–Kier alpha value is -3.04. The summed E-state index contributed by atoms with van der Waals surface area (Å²) in [6.45, 7) is 6.74. The van der Waals surface area contributed by atoms with Crippen LogP contribution in [-0.2, 0) is 9.53 Å². The summed E-state index contributed by atoms with van der Waals surface area (Å²) in [7, 11) is 0. The van der Waals surface area contributed by atoms with Gasteiger partial charge in [-0.3, -0.25) is 30.4 Å². The second-order valence-electron chi connectivity index (χ2n) is 5.50. The molecule has 2 atom stereocenters. The number of hydrazone groups is 1. The molecule has 0 aliphatic carbocycles. The minimum absolute atomic E-state index is 0.000626. The first kappa shape index (κ1) is 20.0. The van der Waals surface area contributed by atoms with Gasteiger partial charge in [-0.05, 0) is 25.3 Å². The van der Waals surface area contributed by atoms with Crippen molar-refractivity contribution in [1.29, 1.82) is 0 Å². The predicted octanol–water partition coefficient (Wildman–Crippen LogP) is 3.27. The van der Waals surface area contributed by atoms with Crippen LogP contribution >= 0.6 is 0 Å². The van der Waals surface area contributed by atoms with E-state index < -0.39 is 33.3 Å². The Morgan fingerprint density at radius 2 is 1.92 bits per heavy atom. The van der Waals surface area contributed by atoms with E-state index in [9.17, 15) is 25.0 Å². The molecule has 0 bridgehead atoms. The molecule has 0 unspecified atom stereocenters. The molecule has 1 aromatic rings. The Kier molecular flexibility index (Phi) is 6.97. The van der Waals surface area contributed by atoms with Gasteiger partial charge in [0.2, 0.25) is 0 Å². The molecule has 0 fully saturated rings. The van der Waals surface area contributed by atoms with E-state index in [4.69, 9.17) is 4.74 Å².